The Kier molecular flexibility index (Phi) is 4.58. The first kappa shape index (κ1) is 13.9. The van der Waals surface area contributed by atoms with Crippen LogP contribution in [0, 0.1) is 5.92 Å². The van der Waals surface area contributed by atoms with Crippen molar-refractivity contribution in [2.45, 2.75) is 31.7 Å². The molecular weight excluding hydrogens is 246 g/mol. The van der Waals surface area contributed by atoms with Gasteiger partial charge in [0.2, 0.25) is 0 Å². The van der Waals surface area contributed by atoms with Crippen molar-refractivity contribution < 1.29 is 0 Å². The zero-order chi connectivity index (χ0) is 13.8. The second-order valence-electron chi connectivity index (χ2n) is 6.21. The van der Waals surface area contributed by atoms with Crippen LogP contribution in [0.3, 0.4) is 0 Å². The molecule has 3 rings (SSSR count). The maximum Gasteiger partial charge on any atom is 0.0367 e. The largest absolute Gasteiger partial charge is 0.369 e. The van der Waals surface area contributed by atoms with E-state index in [4.69, 9.17) is 5.73 Å². The molecule has 1 aliphatic heterocycles. The van der Waals surface area contributed by atoms with Crippen LogP contribution in [0.25, 0.3) is 0 Å². The molecule has 1 aromatic carbocycles. The molecule has 3 heteroatoms. The van der Waals surface area contributed by atoms with Crippen molar-refractivity contribution in [1.82, 2.24) is 4.90 Å². The monoisotopic (exact) mass is 273 g/mol. The molecule has 1 aliphatic carbocycles. The number of benzene rings is 1. The number of rotatable bonds is 4. The fraction of sp³-hybridized carbons (Fsp3) is 0.647. The minimum Gasteiger partial charge on any atom is -0.369 e. The molecular formula is C17H27N3. The Labute approximate surface area is 122 Å². The van der Waals surface area contributed by atoms with Crippen molar-refractivity contribution >= 4 is 5.69 Å². The van der Waals surface area contributed by atoms with Crippen LogP contribution in [0.15, 0.2) is 30.3 Å². The third-order valence-corrected chi connectivity index (χ3v) is 5.09. The topological polar surface area (TPSA) is 32.5 Å². The van der Waals surface area contributed by atoms with E-state index in [1.807, 2.05) is 0 Å². The molecule has 1 aromatic rings. The maximum atomic E-state index is 6.07. The van der Waals surface area contributed by atoms with Gasteiger partial charge in [-0.15, -0.1) is 0 Å². The van der Waals surface area contributed by atoms with Crippen LogP contribution in [0.1, 0.15) is 25.7 Å². The average Bonchev–Trinajstić information content (AvgIpc) is 3.04. The first-order valence-electron chi connectivity index (χ1n) is 8.12. The number of piperazine rings is 1. The summed E-state index contributed by atoms with van der Waals surface area (Å²) in [6.45, 7) is 5.41. The predicted molar refractivity (Wildman–Crippen MR) is 85.0 cm³/mol. The Morgan fingerprint density at radius 3 is 2.25 bits per heavy atom. The van der Waals surface area contributed by atoms with Gasteiger partial charge in [-0.25, -0.2) is 0 Å². The van der Waals surface area contributed by atoms with Crippen LogP contribution in [0.4, 0.5) is 5.69 Å². The van der Waals surface area contributed by atoms with E-state index in [9.17, 15) is 0 Å². The highest BCUT2D eigenvalue weighted by molar-refractivity contribution is 5.46. The quantitative estimate of drug-likeness (QED) is 0.914. The van der Waals surface area contributed by atoms with Gasteiger partial charge in [0, 0.05) is 44.5 Å². The van der Waals surface area contributed by atoms with E-state index < -0.39 is 0 Å². The lowest BCUT2D eigenvalue weighted by Crippen LogP contribution is -2.54. The summed E-state index contributed by atoms with van der Waals surface area (Å²) in [6, 6.07) is 11.4. The van der Waals surface area contributed by atoms with Crippen LogP contribution < -0.4 is 10.6 Å². The highest BCUT2D eigenvalue weighted by Gasteiger charge is 2.30. The Hall–Kier alpha value is -1.06. The van der Waals surface area contributed by atoms with Crippen LogP contribution >= 0.6 is 0 Å². The molecule has 0 aromatic heterocycles. The van der Waals surface area contributed by atoms with Gasteiger partial charge in [0.25, 0.3) is 0 Å². The van der Waals surface area contributed by atoms with Crippen molar-refractivity contribution in [1.29, 1.82) is 0 Å². The summed E-state index contributed by atoms with van der Waals surface area (Å²) < 4.78 is 0. The van der Waals surface area contributed by atoms with Crippen molar-refractivity contribution in [3.63, 3.8) is 0 Å². The van der Waals surface area contributed by atoms with Crippen molar-refractivity contribution in [3.8, 4) is 0 Å². The Balaban J connectivity index is 1.57. The zero-order valence-electron chi connectivity index (χ0n) is 12.4. The lowest BCUT2D eigenvalue weighted by atomic mass is 9.96. The fourth-order valence-electron chi connectivity index (χ4n) is 3.93. The number of nitrogens with zero attached hydrogens (tertiary/aromatic N) is 2. The van der Waals surface area contributed by atoms with Crippen LogP contribution in [-0.4, -0.2) is 43.7 Å². The first-order valence-corrected chi connectivity index (χ1v) is 8.12. The van der Waals surface area contributed by atoms with E-state index in [0.29, 0.717) is 6.04 Å². The fourth-order valence-corrected chi connectivity index (χ4v) is 3.93. The lowest BCUT2D eigenvalue weighted by molar-refractivity contribution is 0.139. The molecule has 1 saturated heterocycles. The molecule has 1 saturated carbocycles. The molecule has 0 radical (unpaired) electrons. The number of para-hydroxylation sites is 1. The SMILES string of the molecule is NCC(C1CCCC1)N1CCN(c2ccccc2)CC1. The van der Waals surface area contributed by atoms with E-state index in [1.54, 1.807) is 0 Å². The van der Waals surface area contributed by atoms with Gasteiger partial charge in [-0.2, -0.15) is 0 Å². The van der Waals surface area contributed by atoms with Crippen LogP contribution in [0.5, 0.6) is 0 Å². The van der Waals surface area contributed by atoms with Gasteiger partial charge in [-0.05, 0) is 30.9 Å². The van der Waals surface area contributed by atoms with Crippen molar-refractivity contribution in [3.05, 3.63) is 30.3 Å². The predicted octanol–water partition coefficient (Wildman–Crippen LogP) is 2.33. The van der Waals surface area contributed by atoms with Gasteiger partial charge in [0.05, 0.1) is 0 Å². The minimum absolute atomic E-state index is 0.621. The summed E-state index contributed by atoms with van der Waals surface area (Å²) in [4.78, 5) is 5.15. The standard InChI is InChI=1S/C17H27N3/c18-14-17(15-6-4-5-7-15)20-12-10-19(11-13-20)16-8-2-1-3-9-16/h1-3,8-9,15,17H,4-7,10-14,18H2. The summed E-state index contributed by atoms with van der Waals surface area (Å²) in [5.41, 5.74) is 7.43. The summed E-state index contributed by atoms with van der Waals surface area (Å²) in [7, 11) is 0. The summed E-state index contributed by atoms with van der Waals surface area (Å²) >= 11 is 0. The van der Waals surface area contributed by atoms with Gasteiger partial charge >= 0.3 is 0 Å². The van der Waals surface area contributed by atoms with E-state index in [0.717, 1.165) is 38.6 Å². The molecule has 2 N–H and O–H groups in total. The Morgan fingerprint density at radius 1 is 1.00 bits per heavy atom. The number of anilines is 1. The van der Waals surface area contributed by atoms with Gasteiger partial charge in [0.1, 0.15) is 0 Å². The second kappa shape index (κ2) is 6.59. The highest BCUT2D eigenvalue weighted by Crippen LogP contribution is 2.30. The van der Waals surface area contributed by atoms with E-state index in [-0.39, 0.29) is 0 Å². The lowest BCUT2D eigenvalue weighted by Gasteiger charge is -2.42. The average molecular weight is 273 g/mol. The summed E-state index contributed by atoms with van der Waals surface area (Å²) in [6.07, 6.45) is 5.60. The smallest absolute Gasteiger partial charge is 0.0367 e. The van der Waals surface area contributed by atoms with Gasteiger partial charge < -0.3 is 10.6 Å². The van der Waals surface area contributed by atoms with E-state index in [2.05, 4.69) is 40.1 Å². The second-order valence-corrected chi connectivity index (χ2v) is 6.21. The molecule has 2 fully saturated rings. The summed E-state index contributed by atoms with van der Waals surface area (Å²) in [5, 5.41) is 0. The van der Waals surface area contributed by atoms with Crippen LogP contribution in [0.2, 0.25) is 0 Å². The Morgan fingerprint density at radius 2 is 1.65 bits per heavy atom. The molecule has 1 heterocycles. The first-order chi connectivity index (χ1) is 9.88. The van der Waals surface area contributed by atoms with Gasteiger partial charge in [0.15, 0.2) is 0 Å². The number of hydrogen-bond donors (Lipinski definition) is 1. The van der Waals surface area contributed by atoms with Crippen molar-refractivity contribution in [2.75, 3.05) is 37.6 Å². The van der Waals surface area contributed by atoms with Crippen molar-refractivity contribution in [2.24, 2.45) is 11.7 Å². The molecule has 1 unspecified atom stereocenters. The number of hydrogen-bond acceptors (Lipinski definition) is 3. The number of nitrogens with two attached hydrogens (primary N) is 1. The molecule has 110 valence electrons. The Bertz CT molecular complexity index is 392. The molecule has 2 aliphatic rings. The van der Waals surface area contributed by atoms with Crippen LogP contribution in [-0.2, 0) is 0 Å². The van der Waals surface area contributed by atoms with Gasteiger partial charge in [-0.1, -0.05) is 31.0 Å². The molecule has 0 spiro atoms. The minimum atomic E-state index is 0.621. The molecule has 0 amide bonds. The van der Waals surface area contributed by atoms with E-state index in [1.165, 1.54) is 31.4 Å². The highest BCUT2D eigenvalue weighted by atomic mass is 15.3. The third-order valence-electron chi connectivity index (χ3n) is 5.09. The summed E-state index contributed by atoms with van der Waals surface area (Å²) in [5.74, 6) is 0.850. The zero-order valence-corrected chi connectivity index (χ0v) is 12.4. The maximum absolute atomic E-state index is 6.07. The third kappa shape index (κ3) is 2.99. The molecule has 20 heavy (non-hydrogen) atoms. The van der Waals surface area contributed by atoms with E-state index >= 15 is 0 Å². The molecule has 1 atom stereocenters. The molecule has 3 nitrogen and oxygen atoms in total. The molecule has 0 bridgehead atoms. The van der Waals surface area contributed by atoms with Gasteiger partial charge in [-0.3, -0.25) is 4.90 Å². The normalized spacial score (nSPS) is 23.1.